The summed E-state index contributed by atoms with van der Waals surface area (Å²) in [5.41, 5.74) is -4.97. The molecule has 0 saturated carbocycles. The second-order valence-electron chi connectivity index (χ2n) is 8.75. The molecule has 174 valence electrons. The van der Waals surface area contributed by atoms with Gasteiger partial charge in [-0.25, -0.2) is 19.0 Å². The molecular formula is C21H23F4N3O4. The molecule has 0 spiro atoms. The van der Waals surface area contributed by atoms with Crippen molar-refractivity contribution in [1.82, 2.24) is 9.97 Å². The van der Waals surface area contributed by atoms with Crippen molar-refractivity contribution >= 4 is 17.9 Å². The second kappa shape index (κ2) is 8.71. The second-order valence-corrected chi connectivity index (χ2v) is 8.75. The molecule has 0 radical (unpaired) electrons. The van der Waals surface area contributed by atoms with Crippen LogP contribution in [0.5, 0.6) is 0 Å². The number of alkyl halides is 3. The van der Waals surface area contributed by atoms with E-state index in [1.54, 1.807) is 0 Å². The Labute approximate surface area is 182 Å². The minimum atomic E-state index is -5.08. The lowest BCUT2D eigenvalue weighted by molar-refractivity contribution is -0.140. The molecule has 0 atom stereocenters. The number of rotatable bonds is 2. The van der Waals surface area contributed by atoms with Crippen LogP contribution in [0.3, 0.4) is 0 Å². The van der Waals surface area contributed by atoms with E-state index < -0.39 is 46.8 Å². The first-order valence-corrected chi connectivity index (χ1v) is 9.43. The predicted molar refractivity (Wildman–Crippen MR) is 107 cm³/mol. The Hall–Kier alpha value is -3.24. The lowest BCUT2D eigenvalue weighted by Gasteiger charge is -2.29. The van der Waals surface area contributed by atoms with E-state index >= 15 is 0 Å². The molecule has 11 heteroatoms. The Balaban J connectivity index is 2.67. The third-order valence-electron chi connectivity index (χ3n) is 3.54. The van der Waals surface area contributed by atoms with E-state index in [2.05, 4.69) is 9.97 Å². The number of imide groups is 1. The van der Waals surface area contributed by atoms with Crippen molar-refractivity contribution in [2.24, 2.45) is 0 Å². The summed E-state index contributed by atoms with van der Waals surface area (Å²) in [5.74, 6) is -0.772. The zero-order chi connectivity index (χ0) is 24.5. The fraction of sp³-hybridized carbons (Fsp3) is 0.429. The third kappa shape index (κ3) is 6.63. The lowest BCUT2D eigenvalue weighted by Crippen LogP contribution is -2.44. The van der Waals surface area contributed by atoms with Crippen LogP contribution in [0.1, 0.15) is 47.2 Å². The zero-order valence-electron chi connectivity index (χ0n) is 18.4. The Morgan fingerprint density at radius 1 is 0.906 bits per heavy atom. The Morgan fingerprint density at radius 3 is 1.88 bits per heavy atom. The molecule has 0 aromatic carbocycles. The Morgan fingerprint density at radius 2 is 1.44 bits per heavy atom. The summed E-state index contributed by atoms with van der Waals surface area (Å²) in [6.45, 7) is 8.92. The molecular weight excluding hydrogens is 434 g/mol. The average molecular weight is 457 g/mol. The fourth-order valence-corrected chi connectivity index (χ4v) is 2.44. The number of anilines is 1. The molecule has 0 unspecified atom stereocenters. The maximum absolute atomic E-state index is 13.9. The highest BCUT2D eigenvalue weighted by molar-refractivity contribution is 6.10. The molecule has 2 amide bonds. The number of aromatic nitrogens is 2. The zero-order valence-corrected chi connectivity index (χ0v) is 18.4. The highest BCUT2D eigenvalue weighted by Crippen LogP contribution is 2.38. The van der Waals surface area contributed by atoms with Gasteiger partial charge in [0.1, 0.15) is 17.0 Å². The normalized spacial score (nSPS) is 12.3. The number of hydrogen-bond donors (Lipinski definition) is 0. The highest BCUT2D eigenvalue weighted by Gasteiger charge is 2.42. The minimum absolute atomic E-state index is 0.0249. The number of carbonyl (C=O) groups excluding carboxylic acids is 2. The summed E-state index contributed by atoms with van der Waals surface area (Å²) < 4.78 is 65.4. The van der Waals surface area contributed by atoms with Crippen LogP contribution >= 0.6 is 0 Å². The van der Waals surface area contributed by atoms with Gasteiger partial charge in [-0.2, -0.15) is 18.1 Å². The van der Waals surface area contributed by atoms with Gasteiger partial charge in [0.2, 0.25) is 0 Å². The van der Waals surface area contributed by atoms with Crippen LogP contribution in [-0.2, 0) is 15.7 Å². The molecule has 2 aromatic rings. The number of amides is 2. The molecule has 2 heterocycles. The molecule has 0 fully saturated rings. The average Bonchev–Trinajstić information content (AvgIpc) is 2.58. The Kier molecular flexibility index (Phi) is 6.82. The molecule has 7 nitrogen and oxygen atoms in total. The van der Waals surface area contributed by atoms with E-state index in [0.717, 1.165) is 30.6 Å². The smallest absolute Gasteiger partial charge is 0.435 e. The van der Waals surface area contributed by atoms with Crippen LogP contribution in [0.4, 0.5) is 32.8 Å². The van der Waals surface area contributed by atoms with E-state index in [4.69, 9.17) is 9.47 Å². The van der Waals surface area contributed by atoms with Crippen molar-refractivity contribution in [3.05, 3.63) is 42.1 Å². The topological polar surface area (TPSA) is 81.6 Å². The standard InChI is InChI=1S/C21H23F4N3O4/c1-19(2,3)31-17(29)28(18(30)32-20(4,5)6)15-8-7-14(27-16(15)21(23,24)25)12-9-13(22)11-26-10-12/h7-11H,1-6H3. The summed E-state index contributed by atoms with van der Waals surface area (Å²) >= 11 is 0. The van der Waals surface area contributed by atoms with Crippen LogP contribution in [0.25, 0.3) is 11.3 Å². The quantitative estimate of drug-likeness (QED) is 0.516. The van der Waals surface area contributed by atoms with Crippen molar-refractivity contribution in [2.45, 2.75) is 58.9 Å². The van der Waals surface area contributed by atoms with E-state index in [-0.39, 0.29) is 16.2 Å². The van der Waals surface area contributed by atoms with Gasteiger partial charge in [0.15, 0.2) is 5.69 Å². The maximum Gasteiger partial charge on any atom is 0.435 e. The largest absolute Gasteiger partial charge is 0.443 e. The van der Waals surface area contributed by atoms with Gasteiger partial charge in [0, 0.05) is 11.8 Å². The van der Waals surface area contributed by atoms with Crippen LogP contribution in [0.15, 0.2) is 30.6 Å². The summed E-state index contributed by atoms with van der Waals surface area (Å²) in [5, 5.41) is 0. The molecule has 0 aliphatic heterocycles. The van der Waals surface area contributed by atoms with Gasteiger partial charge in [0.25, 0.3) is 0 Å². The maximum atomic E-state index is 13.9. The van der Waals surface area contributed by atoms with Gasteiger partial charge in [-0.1, -0.05) is 0 Å². The van der Waals surface area contributed by atoms with Crippen LogP contribution < -0.4 is 4.90 Å². The van der Waals surface area contributed by atoms with Crippen molar-refractivity contribution in [2.75, 3.05) is 4.90 Å². The van der Waals surface area contributed by atoms with E-state index in [1.807, 2.05) is 0 Å². The number of hydrogen-bond acceptors (Lipinski definition) is 6. The van der Waals surface area contributed by atoms with Crippen LogP contribution in [0.2, 0.25) is 0 Å². The third-order valence-corrected chi connectivity index (χ3v) is 3.54. The predicted octanol–water partition coefficient (Wildman–Crippen LogP) is 5.98. The monoisotopic (exact) mass is 457 g/mol. The molecule has 2 aromatic heterocycles. The summed E-state index contributed by atoms with van der Waals surface area (Å²) in [7, 11) is 0. The first-order chi connectivity index (χ1) is 14.5. The minimum Gasteiger partial charge on any atom is -0.443 e. The van der Waals surface area contributed by atoms with Crippen molar-refractivity contribution in [3.63, 3.8) is 0 Å². The number of ether oxygens (including phenoxy) is 2. The van der Waals surface area contributed by atoms with E-state index in [0.29, 0.717) is 0 Å². The molecule has 32 heavy (non-hydrogen) atoms. The number of pyridine rings is 2. The van der Waals surface area contributed by atoms with Gasteiger partial charge in [-0.05, 0) is 59.7 Å². The fourth-order valence-electron chi connectivity index (χ4n) is 2.44. The molecule has 0 aliphatic rings. The van der Waals surface area contributed by atoms with Gasteiger partial charge < -0.3 is 9.47 Å². The van der Waals surface area contributed by atoms with Gasteiger partial charge in [-0.3, -0.25) is 4.98 Å². The molecule has 0 aliphatic carbocycles. The molecule has 2 rings (SSSR count). The van der Waals surface area contributed by atoms with Gasteiger partial charge >= 0.3 is 18.4 Å². The summed E-state index contributed by atoms with van der Waals surface area (Å²) in [6.07, 6.45) is -5.81. The molecule has 0 bridgehead atoms. The number of nitrogens with zero attached hydrogens (tertiary/aromatic N) is 3. The van der Waals surface area contributed by atoms with E-state index in [1.165, 1.54) is 41.5 Å². The van der Waals surface area contributed by atoms with Crippen LogP contribution in [-0.4, -0.2) is 33.4 Å². The SMILES string of the molecule is CC(C)(C)OC(=O)N(C(=O)OC(C)(C)C)c1ccc(-c2cncc(F)c2)nc1C(F)(F)F. The first kappa shape index (κ1) is 25.0. The van der Waals surface area contributed by atoms with Crippen LogP contribution in [0, 0.1) is 5.82 Å². The first-order valence-electron chi connectivity index (χ1n) is 9.43. The van der Waals surface area contributed by atoms with E-state index in [9.17, 15) is 27.2 Å². The summed E-state index contributed by atoms with van der Waals surface area (Å²) in [6, 6.07) is 2.92. The highest BCUT2D eigenvalue weighted by atomic mass is 19.4. The molecule has 0 N–H and O–H groups in total. The number of halogens is 4. The number of carbonyl (C=O) groups is 2. The molecule has 0 saturated heterocycles. The van der Waals surface area contributed by atoms with Crippen molar-refractivity contribution < 1.29 is 36.6 Å². The van der Waals surface area contributed by atoms with Gasteiger partial charge in [-0.15, -0.1) is 0 Å². The van der Waals surface area contributed by atoms with Crippen molar-refractivity contribution in [3.8, 4) is 11.3 Å². The summed E-state index contributed by atoms with van der Waals surface area (Å²) in [4.78, 5) is 32.7. The lowest BCUT2D eigenvalue weighted by atomic mass is 10.1. The van der Waals surface area contributed by atoms with Gasteiger partial charge in [0.05, 0.1) is 17.6 Å². The Bertz CT molecular complexity index is 983. The van der Waals surface area contributed by atoms with Crippen molar-refractivity contribution in [1.29, 1.82) is 0 Å².